The van der Waals surface area contributed by atoms with Gasteiger partial charge in [0, 0.05) is 6.04 Å². The van der Waals surface area contributed by atoms with E-state index in [2.05, 4.69) is 18.9 Å². The third-order valence-electron chi connectivity index (χ3n) is 2.80. The first-order valence-corrected chi connectivity index (χ1v) is 6.51. The third kappa shape index (κ3) is 2.93. The summed E-state index contributed by atoms with van der Waals surface area (Å²) in [4.78, 5) is 0.329. The zero-order valence-electron chi connectivity index (χ0n) is 11.3. The van der Waals surface area contributed by atoms with Gasteiger partial charge < -0.3 is 10.5 Å². The minimum atomic E-state index is 0.296. The zero-order chi connectivity index (χ0) is 14.0. The third-order valence-corrected chi connectivity index (χ3v) is 3.02. The number of thiocarbonyl (C=S) groups is 1. The van der Waals surface area contributed by atoms with Crippen LogP contribution in [0.4, 0.5) is 0 Å². The molecule has 0 aliphatic rings. The maximum atomic E-state index is 5.88. The monoisotopic (exact) mass is 275 g/mol. The van der Waals surface area contributed by atoms with Crippen molar-refractivity contribution in [3.63, 3.8) is 0 Å². The van der Waals surface area contributed by atoms with Gasteiger partial charge >= 0.3 is 0 Å². The molecule has 0 radical (unpaired) electrons. The standard InChI is InChI=1S/C14H17N3OS/c1-9(2)17-8-11(7-16-17)18-13-10(3)5-4-6-12(13)14(15)19/h4-9H,1-3H3,(H2,15,19). The number of nitrogens with zero attached hydrogens (tertiary/aromatic N) is 2. The fourth-order valence-corrected chi connectivity index (χ4v) is 1.92. The molecule has 0 aliphatic heterocycles. The van der Waals surface area contributed by atoms with Crippen LogP contribution in [0, 0.1) is 6.92 Å². The Bertz CT molecular complexity index is 604. The van der Waals surface area contributed by atoms with Crippen molar-refractivity contribution in [3.8, 4) is 11.5 Å². The Morgan fingerprint density at radius 2 is 2.16 bits per heavy atom. The molecule has 0 atom stereocenters. The number of aromatic nitrogens is 2. The Balaban J connectivity index is 2.34. The molecule has 100 valence electrons. The molecule has 1 heterocycles. The fraction of sp³-hybridized carbons (Fsp3) is 0.286. The largest absolute Gasteiger partial charge is 0.453 e. The number of hydrogen-bond donors (Lipinski definition) is 1. The molecule has 0 saturated heterocycles. The van der Waals surface area contributed by atoms with Crippen molar-refractivity contribution in [1.82, 2.24) is 9.78 Å². The first-order chi connectivity index (χ1) is 8.99. The van der Waals surface area contributed by atoms with Gasteiger partial charge in [-0.1, -0.05) is 24.4 Å². The predicted molar refractivity (Wildman–Crippen MR) is 79.8 cm³/mol. The molecule has 0 fully saturated rings. The fourth-order valence-electron chi connectivity index (χ4n) is 1.76. The Morgan fingerprint density at radius 1 is 1.42 bits per heavy atom. The molecule has 0 aliphatic carbocycles. The highest BCUT2D eigenvalue weighted by molar-refractivity contribution is 7.80. The number of benzene rings is 1. The highest BCUT2D eigenvalue weighted by atomic mass is 32.1. The molecule has 5 heteroatoms. The molecule has 0 bridgehead atoms. The molecular weight excluding hydrogens is 258 g/mol. The van der Waals surface area contributed by atoms with Gasteiger partial charge in [0.05, 0.1) is 18.0 Å². The summed E-state index contributed by atoms with van der Waals surface area (Å²) in [6.07, 6.45) is 3.55. The molecule has 19 heavy (non-hydrogen) atoms. The molecule has 0 amide bonds. The molecule has 1 aromatic heterocycles. The van der Waals surface area contributed by atoms with Crippen molar-refractivity contribution >= 4 is 17.2 Å². The van der Waals surface area contributed by atoms with Gasteiger partial charge in [-0.25, -0.2) is 0 Å². The van der Waals surface area contributed by atoms with Gasteiger partial charge in [-0.15, -0.1) is 0 Å². The van der Waals surface area contributed by atoms with E-state index in [4.69, 9.17) is 22.7 Å². The molecule has 0 unspecified atom stereocenters. The quantitative estimate of drug-likeness (QED) is 0.871. The first kappa shape index (κ1) is 13.5. The summed E-state index contributed by atoms with van der Waals surface area (Å²) in [5, 5.41) is 4.24. The van der Waals surface area contributed by atoms with Crippen LogP contribution in [0.2, 0.25) is 0 Å². The van der Waals surface area contributed by atoms with E-state index in [9.17, 15) is 0 Å². The molecule has 2 aromatic rings. The summed E-state index contributed by atoms with van der Waals surface area (Å²) < 4.78 is 7.72. The molecule has 0 saturated carbocycles. The topological polar surface area (TPSA) is 53.1 Å². The molecule has 0 spiro atoms. The molecule has 4 nitrogen and oxygen atoms in total. The lowest BCUT2D eigenvalue weighted by molar-refractivity contribution is 0.473. The van der Waals surface area contributed by atoms with Crippen molar-refractivity contribution in [2.45, 2.75) is 26.8 Å². The Morgan fingerprint density at radius 3 is 2.74 bits per heavy atom. The van der Waals surface area contributed by atoms with Gasteiger partial charge in [-0.3, -0.25) is 4.68 Å². The number of ether oxygens (including phenoxy) is 1. The Labute approximate surface area is 118 Å². The second kappa shape index (κ2) is 5.40. The average Bonchev–Trinajstić information content (AvgIpc) is 2.80. The number of nitrogens with two attached hydrogens (primary N) is 1. The van der Waals surface area contributed by atoms with Gasteiger partial charge in [0.1, 0.15) is 10.7 Å². The molecule has 2 rings (SSSR count). The number of aryl methyl sites for hydroxylation is 1. The summed E-state index contributed by atoms with van der Waals surface area (Å²) in [6.45, 7) is 6.08. The van der Waals surface area contributed by atoms with E-state index in [1.54, 1.807) is 6.20 Å². The van der Waals surface area contributed by atoms with Crippen molar-refractivity contribution in [2.75, 3.05) is 0 Å². The Hall–Kier alpha value is -1.88. The van der Waals surface area contributed by atoms with Gasteiger partial charge in [0.25, 0.3) is 0 Å². The van der Waals surface area contributed by atoms with Crippen LogP contribution in [0.1, 0.15) is 31.0 Å². The van der Waals surface area contributed by atoms with Crippen molar-refractivity contribution in [2.24, 2.45) is 5.73 Å². The molecular formula is C14H17N3OS. The SMILES string of the molecule is Cc1cccc(C(N)=S)c1Oc1cnn(C(C)C)c1. The van der Waals surface area contributed by atoms with E-state index >= 15 is 0 Å². The first-order valence-electron chi connectivity index (χ1n) is 6.10. The van der Waals surface area contributed by atoms with Crippen molar-refractivity contribution in [1.29, 1.82) is 0 Å². The van der Waals surface area contributed by atoms with Crippen LogP contribution in [0.25, 0.3) is 0 Å². The summed E-state index contributed by atoms with van der Waals surface area (Å²) in [7, 11) is 0. The van der Waals surface area contributed by atoms with Gasteiger partial charge in [0.15, 0.2) is 5.75 Å². The van der Waals surface area contributed by atoms with Gasteiger partial charge in [-0.2, -0.15) is 5.10 Å². The van der Waals surface area contributed by atoms with E-state index in [0.29, 0.717) is 22.5 Å². The van der Waals surface area contributed by atoms with E-state index in [1.807, 2.05) is 36.0 Å². The number of rotatable bonds is 4. The second-order valence-electron chi connectivity index (χ2n) is 4.67. The van der Waals surface area contributed by atoms with Gasteiger partial charge in [0.2, 0.25) is 0 Å². The van der Waals surface area contributed by atoms with Crippen molar-refractivity contribution < 1.29 is 4.74 Å². The maximum Gasteiger partial charge on any atom is 0.165 e. The zero-order valence-corrected chi connectivity index (χ0v) is 12.1. The second-order valence-corrected chi connectivity index (χ2v) is 5.11. The normalized spacial score (nSPS) is 10.7. The summed E-state index contributed by atoms with van der Waals surface area (Å²) in [5.74, 6) is 1.37. The minimum absolute atomic E-state index is 0.296. The number of hydrogen-bond acceptors (Lipinski definition) is 3. The highest BCUT2D eigenvalue weighted by Crippen LogP contribution is 2.29. The summed E-state index contributed by atoms with van der Waals surface area (Å²) in [5.41, 5.74) is 7.45. The van der Waals surface area contributed by atoms with Crippen LogP contribution >= 0.6 is 12.2 Å². The highest BCUT2D eigenvalue weighted by Gasteiger charge is 2.12. The van der Waals surface area contributed by atoms with E-state index in [1.165, 1.54) is 0 Å². The predicted octanol–water partition coefficient (Wildman–Crippen LogP) is 3.20. The number of para-hydroxylation sites is 1. The minimum Gasteiger partial charge on any atom is -0.453 e. The van der Waals surface area contributed by atoms with Crippen molar-refractivity contribution in [3.05, 3.63) is 41.7 Å². The van der Waals surface area contributed by atoms with Crippen LogP contribution in [-0.2, 0) is 0 Å². The lowest BCUT2D eigenvalue weighted by Gasteiger charge is -2.11. The van der Waals surface area contributed by atoms with Crippen LogP contribution < -0.4 is 10.5 Å². The summed E-state index contributed by atoms with van der Waals surface area (Å²) >= 11 is 5.05. The van der Waals surface area contributed by atoms with Gasteiger partial charge in [-0.05, 0) is 32.4 Å². The summed E-state index contributed by atoms with van der Waals surface area (Å²) in [6, 6.07) is 6.03. The van der Waals surface area contributed by atoms with Crippen LogP contribution in [-0.4, -0.2) is 14.8 Å². The molecule has 1 aromatic carbocycles. The average molecular weight is 275 g/mol. The lowest BCUT2D eigenvalue weighted by atomic mass is 10.1. The van der Waals surface area contributed by atoms with E-state index in [0.717, 1.165) is 11.1 Å². The van der Waals surface area contributed by atoms with E-state index in [-0.39, 0.29) is 0 Å². The van der Waals surface area contributed by atoms with E-state index < -0.39 is 0 Å². The van der Waals surface area contributed by atoms with Crippen LogP contribution in [0.5, 0.6) is 11.5 Å². The maximum absolute atomic E-state index is 5.88. The van der Waals surface area contributed by atoms with Crippen LogP contribution in [0.15, 0.2) is 30.6 Å². The molecule has 2 N–H and O–H groups in total. The van der Waals surface area contributed by atoms with Crippen LogP contribution in [0.3, 0.4) is 0 Å². The lowest BCUT2D eigenvalue weighted by Crippen LogP contribution is -2.11. The Kier molecular flexibility index (Phi) is 3.85. The smallest absolute Gasteiger partial charge is 0.165 e.